The standard InChI is InChI=1S/C16H26N2O/c1-12-15(8-17-2)7-16(19-12)11-18(9-13-3-4-13)10-14-5-6-14/h7,13-14,17H,3-6,8-11H2,1-2H3. The SMILES string of the molecule is CNCc1cc(CN(CC2CC2)CC2CC2)oc1C. The number of nitrogens with zero attached hydrogens (tertiary/aromatic N) is 1. The molecule has 0 spiro atoms. The number of hydrogen-bond acceptors (Lipinski definition) is 3. The number of rotatable bonds is 8. The van der Waals surface area contributed by atoms with Crippen molar-refractivity contribution in [3.8, 4) is 0 Å². The van der Waals surface area contributed by atoms with Crippen LogP contribution < -0.4 is 5.32 Å². The van der Waals surface area contributed by atoms with E-state index in [0.29, 0.717) is 0 Å². The first kappa shape index (κ1) is 13.2. The second-order valence-corrected chi connectivity index (χ2v) is 6.41. The second-order valence-electron chi connectivity index (χ2n) is 6.41. The Labute approximate surface area is 116 Å². The molecule has 3 nitrogen and oxygen atoms in total. The maximum atomic E-state index is 5.92. The second kappa shape index (κ2) is 5.68. The van der Waals surface area contributed by atoms with Crippen LogP contribution >= 0.6 is 0 Å². The van der Waals surface area contributed by atoms with Crippen molar-refractivity contribution in [1.82, 2.24) is 10.2 Å². The summed E-state index contributed by atoms with van der Waals surface area (Å²) in [6, 6.07) is 2.23. The van der Waals surface area contributed by atoms with E-state index >= 15 is 0 Å². The van der Waals surface area contributed by atoms with Crippen molar-refractivity contribution in [2.75, 3.05) is 20.1 Å². The van der Waals surface area contributed by atoms with Crippen molar-refractivity contribution in [2.45, 2.75) is 45.7 Å². The van der Waals surface area contributed by atoms with Gasteiger partial charge in [0.2, 0.25) is 0 Å². The molecule has 2 saturated carbocycles. The number of nitrogens with one attached hydrogen (secondary N) is 1. The van der Waals surface area contributed by atoms with Crippen LogP contribution in [-0.4, -0.2) is 25.0 Å². The molecule has 1 aromatic heterocycles. The molecule has 0 unspecified atom stereocenters. The first-order valence-electron chi connectivity index (χ1n) is 7.69. The van der Waals surface area contributed by atoms with Crippen molar-refractivity contribution in [3.05, 3.63) is 23.2 Å². The summed E-state index contributed by atoms with van der Waals surface area (Å²) in [6.45, 7) is 6.52. The molecular weight excluding hydrogens is 236 g/mol. The fourth-order valence-electron chi connectivity index (χ4n) is 2.79. The van der Waals surface area contributed by atoms with Crippen LogP contribution in [0.25, 0.3) is 0 Å². The van der Waals surface area contributed by atoms with Gasteiger partial charge in [-0.25, -0.2) is 0 Å². The third-order valence-corrected chi connectivity index (χ3v) is 4.24. The zero-order valence-electron chi connectivity index (χ0n) is 12.2. The maximum absolute atomic E-state index is 5.92. The molecule has 1 aromatic rings. The molecular formula is C16H26N2O. The van der Waals surface area contributed by atoms with E-state index in [1.165, 1.54) is 44.3 Å². The van der Waals surface area contributed by atoms with Crippen molar-refractivity contribution in [3.63, 3.8) is 0 Å². The van der Waals surface area contributed by atoms with Gasteiger partial charge in [0.05, 0.1) is 6.54 Å². The lowest BCUT2D eigenvalue weighted by atomic mass is 10.2. The summed E-state index contributed by atoms with van der Waals surface area (Å²) in [6.07, 6.45) is 5.74. The normalized spacial score (nSPS) is 19.3. The minimum absolute atomic E-state index is 0.903. The van der Waals surface area contributed by atoms with Crippen molar-refractivity contribution in [1.29, 1.82) is 0 Å². The van der Waals surface area contributed by atoms with Crippen LogP contribution in [0.3, 0.4) is 0 Å². The van der Waals surface area contributed by atoms with Gasteiger partial charge in [-0.15, -0.1) is 0 Å². The molecule has 0 aliphatic heterocycles. The Morgan fingerprint density at radius 2 is 1.84 bits per heavy atom. The van der Waals surface area contributed by atoms with Crippen LogP contribution in [0, 0.1) is 18.8 Å². The summed E-state index contributed by atoms with van der Waals surface area (Å²) in [5, 5.41) is 3.20. The summed E-state index contributed by atoms with van der Waals surface area (Å²) < 4.78 is 5.92. The van der Waals surface area contributed by atoms with Gasteiger partial charge in [0.1, 0.15) is 11.5 Å². The van der Waals surface area contributed by atoms with Gasteiger partial charge < -0.3 is 9.73 Å². The maximum Gasteiger partial charge on any atom is 0.118 e. The molecule has 0 aromatic carbocycles. The fourth-order valence-corrected chi connectivity index (χ4v) is 2.79. The zero-order valence-corrected chi connectivity index (χ0v) is 12.2. The highest BCUT2D eigenvalue weighted by atomic mass is 16.3. The first-order valence-corrected chi connectivity index (χ1v) is 7.69. The summed E-state index contributed by atoms with van der Waals surface area (Å²) in [5.41, 5.74) is 1.30. The third kappa shape index (κ3) is 3.83. The highest BCUT2D eigenvalue weighted by molar-refractivity contribution is 5.20. The fraction of sp³-hybridized carbons (Fsp3) is 0.750. The molecule has 3 heteroatoms. The Hall–Kier alpha value is -0.800. The summed E-state index contributed by atoms with van der Waals surface area (Å²) >= 11 is 0. The Morgan fingerprint density at radius 3 is 2.37 bits per heavy atom. The van der Waals surface area contributed by atoms with E-state index in [0.717, 1.165) is 36.4 Å². The molecule has 0 radical (unpaired) electrons. The lowest BCUT2D eigenvalue weighted by molar-refractivity contribution is 0.224. The van der Waals surface area contributed by atoms with Crippen molar-refractivity contribution in [2.24, 2.45) is 11.8 Å². The van der Waals surface area contributed by atoms with E-state index in [1.54, 1.807) is 0 Å². The van der Waals surface area contributed by atoms with E-state index in [4.69, 9.17) is 4.42 Å². The lowest BCUT2D eigenvalue weighted by Gasteiger charge is -2.20. The molecule has 0 saturated heterocycles. The smallest absolute Gasteiger partial charge is 0.118 e. The molecule has 2 aliphatic rings. The van der Waals surface area contributed by atoms with E-state index in [1.807, 2.05) is 7.05 Å². The summed E-state index contributed by atoms with van der Waals surface area (Å²) in [4.78, 5) is 2.62. The van der Waals surface area contributed by atoms with Gasteiger partial charge in [-0.3, -0.25) is 4.90 Å². The van der Waals surface area contributed by atoms with Gasteiger partial charge in [0.25, 0.3) is 0 Å². The molecule has 3 rings (SSSR count). The van der Waals surface area contributed by atoms with Gasteiger partial charge in [-0.1, -0.05) is 0 Å². The quantitative estimate of drug-likeness (QED) is 0.781. The summed E-state index contributed by atoms with van der Waals surface area (Å²) in [7, 11) is 1.98. The van der Waals surface area contributed by atoms with Crippen LogP contribution in [0.1, 0.15) is 42.8 Å². The number of furan rings is 1. The molecule has 19 heavy (non-hydrogen) atoms. The average Bonchev–Trinajstić information content (AvgIpc) is 3.25. The Kier molecular flexibility index (Phi) is 3.94. The predicted octanol–water partition coefficient (Wildman–Crippen LogP) is 2.93. The molecule has 1 heterocycles. The Morgan fingerprint density at radius 1 is 1.21 bits per heavy atom. The van der Waals surface area contributed by atoms with Crippen LogP contribution in [0.4, 0.5) is 0 Å². The van der Waals surface area contributed by atoms with Crippen molar-refractivity contribution >= 4 is 0 Å². The highest BCUT2D eigenvalue weighted by Gasteiger charge is 2.29. The van der Waals surface area contributed by atoms with Gasteiger partial charge in [-0.2, -0.15) is 0 Å². The van der Waals surface area contributed by atoms with Gasteiger partial charge >= 0.3 is 0 Å². The molecule has 106 valence electrons. The van der Waals surface area contributed by atoms with Crippen LogP contribution in [0.15, 0.2) is 10.5 Å². The molecule has 0 bridgehead atoms. The Balaban J connectivity index is 1.60. The first-order chi connectivity index (χ1) is 9.24. The monoisotopic (exact) mass is 262 g/mol. The highest BCUT2D eigenvalue weighted by Crippen LogP contribution is 2.34. The molecule has 2 aliphatic carbocycles. The largest absolute Gasteiger partial charge is 0.465 e. The van der Waals surface area contributed by atoms with E-state index in [-0.39, 0.29) is 0 Å². The van der Waals surface area contributed by atoms with E-state index in [9.17, 15) is 0 Å². The summed E-state index contributed by atoms with van der Waals surface area (Å²) in [5.74, 6) is 4.14. The van der Waals surface area contributed by atoms with E-state index in [2.05, 4.69) is 23.2 Å². The van der Waals surface area contributed by atoms with Crippen LogP contribution in [0.2, 0.25) is 0 Å². The molecule has 1 N–H and O–H groups in total. The Bertz CT molecular complexity index is 404. The van der Waals surface area contributed by atoms with Gasteiger partial charge in [0.15, 0.2) is 0 Å². The van der Waals surface area contributed by atoms with Crippen LogP contribution in [0.5, 0.6) is 0 Å². The number of aryl methyl sites for hydroxylation is 1. The van der Waals surface area contributed by atoms with Crippen LogP contribution in [-0.2, 0) is 13.1 Å². The van der Waals surface area contributed by atoms with Crippen molar-refractivity contribution < 1.29 is 4.42 Å². The average molecular weight is 262 g/mol. The lowest BCUT2D eigenvalue weighted by Crippen LogP contribution is -2.27. The molecule has 0 atom stereocenters. The van der Waals surface area contributed by atoms with Gasteiger partial charge in [-0.05, 0) is 57.6 Å². The zero-order chi connectivity index (χ0) is 13.2. The number of hydrogen-bond donors (Lipinski definition) is 1. The third-order valence-electron chi connectivity index (χ3n) is 4.24. The minimum Gasteiger partial charge on any atom is -0.465 e. The van der Waals surface area contributed by atoms with E-state index < -0.39 is 0 Å². The minimum atomic E-state index is 0.903. The topological polar surface area (TPSA) is 28.4 Å². The molecule has 2 fully saturated rings. The van der Waals surface area contributed by atoms with Gasteiger partial charge in [0, 0.05) is 25.2 Å². The predicted molar refractivity (Wildman–Crippen MR) is 76.9 cm³/mol. The molecule has 0 amide bonds.